The van der Waals surface area contributed by atoms with Gasteiger partial charge in [0.15, 0.2) is 0 Å². The number of thioether (sulfide) groups is 1. The first-order valence-electron chi connectivity index (χ1n) is 12.3. The van der Waals surface area contributed by atoms with E-state index in [0.717, 1.165) is 24.8 Å². The van der Waals surface area contributed by atoms with Crippen LogP contribution >= 0.6 is 11.8 Å². The maximum Gasteiger partial charge on any atom is 0.316 e. The van der Waals surface area contributed by atoms with Gasteiger partial charge in [0, 0.05) is 0 Å². The molecule has 1 aliphatic carbocycles. The van der Waals surface area contributed by atoms with Crippen LogP contribution in [0.5, 0.6) is 0 Å². The van der Waals surface area contributed by atoms with Gasteiger partial charge in [-0.2, -0.15) is 0 Å². The maximum absolute atomic E-state index is 11.3. The number of unbranched alkanes of at least 4 members (excludes halogenated alkanes) is 11. The van der Waals surface area contributed by atoms with Crippen LogP contribution in [0.3, 0.4) is 0 Å². The highest BCUT2D eigenvalue weighted by Gasteiger charge is 2.37. The average Bonchev–Trinajstić information content (AvgIpc) is 2.72. The minimum Gasteiger partial charge on any atom is -0.481 e. The molecule has 5 nitrogen and oxygen atoms in total. The van der Waals surface area contributed by atoms with Crippen LogP contribution in [-0.2, 0) is 9.59 Å². The quantitative estimate of drug-likeness (QED) is 0.172. The summed E-state index contributed by atoms with van der Waals surface area (Å²) in [6.07, 6.45) is 18.0. The number of rotatable bonds is 17. The Hall–Kier alpha value is -1.01. The molecule has 0 radical (unpaired) electrons. The SMILES string of the molecule is CCCCCCCCCCCCC/C=C1\CC[C@H](CC(=O)O)[C@H](O)[C@H]1SC(C)C(=O)O. The van der Waals surface area contributed by atoms with Crippen molar-refractivity contribution in [2.24, 2.45) is 5.92 Å². The van der Waals surface area contributed by atoms with Gasteiger partial charge in [-0.15, -0.1) is 11.8 Å². The smallest absolute Gasteiger partial charge is 0.316 e. The Morgan fingerprint density at radius 2 is 1.55 bits per heavy atom. The number of allylic oxidation sites excluding steroid dienone is 1. The number of hydrogen-bond donors (Lipinski definition) is 3. The van der Waals surface area contributed by atoms with Crippen LogP contribution < -0.4 is 0 Å². The monoisotopic (exact) mass is 456 g/mol. The van der Waals surface area contributed by atoms with Gasteiger partial charge in [0.05, 0.1) is 17.8 Å². The summed E-state index contributed by atoms with van der Waals surface area (Å²) in [6.45, 7) is 3.88. The van der Waals surface area contributed by atoms with Gasteiger partial charge in [0.25, 0.3) is 0 Å². The molecule has 0 spiro atoms. The fourth-order valence-electron chi connectivity index (χ4n) is 4.34. The predicted molar refractivity (Wildman–Crippen MR) is 129 cm³/mol. The van der Waals surface area contributed by atoms with Crippen LogP contribution in [-0.4, -0.2) is 43.9 Å². The summed E-state index contributed by atoms with van der Waals surface area (Å²) in [5.41, 5.74) is 1.10. The van der Waals surface area contributed by atoms with Crippen LogP contribution in [0.4, 0.5) is 0 Å². The fraction of sp³-hybridized carbons (Fsp3) is 0.840. The maximum atomic E-state index is 11.3. The second-order valence-corrected chi connectivity index (χ2v) is 10.5. The topological polar surface area (TPSA) is 94.8 Å². The van der Waals surface area contributed by atoms with Gasteiger partial charge in [-0.05, 0) is 38.5 Å². The first-order valence-corrected chi connectivity index (χ1v) is 13.3. The highest BCUT2D eigenvalue weighted by molar-refractivity contribution is 8.01. The molecule has 0 amide bonds. The van der Waals surface area contributed by atoms with E-state index in [9.17, 15) is 19.8 Å². The lowest BCUT2D eigenvalue weighted by Gasteiger charge is -2.36. The van der Waals surface area contributed by atoms with E-state index in [1.54, 1.807) is 6.92 Å². The summed E-state index contributed by atoms with van der Waals surface area (Å²) in [5, 5.41) is 28.2. The zero-order valence-corrected chi connectivity index (χ0v) is 20.4. The van der Waals surface area contributed by atoms with E-state index in [2.05, 4.69) is 13.0 Å². The summed E-state index contributed by atoms with van der Waals surface area (Å²) < 4.78 is 0. The molecular formula is C25H44O5S. The molecule has 180 valence electrons. The number of carboxylic acids is 2. The average molecular weight is 457 g/mol. The first kappa shape index (κ1) is 28.0. The van der Waals surface area contributed by atoms with E-state index < -0.39 is 23.3 Å². The largest absolute Gasteiger partial charge is 0.481 e. The van der Waals surface area contributed by atoms with Gasteiger partial charge in [0.2, 0.25) is 0 Å². The van der Waals surface area contributed by atoms with Crippen LogP contribution in [0.25, 0.3) is 0 Å². The molecule has 1 unspecified atom stereocenters. The Balaban J connectivity index is 2.38. The van der Waals surface area contributed by atoms with E-state index >= 15 is 0 Å². The highest BCUT2D eigenvalue weighted by atomic mass is 32.2. The summed E-state index contributed by atoms with van der Waals surface area (Å²) in [5.74, 6) is -2.12. The number of aliphatic hydroxyl groups is 1. The minimum atomic E-state index is -0.910. The van der Waals surface area contributed by atoms with Crippen molar-refractivity contribution in [2.45, 2.75) is 127 Å². The predicted octanol–water partition coefficient (Wildman–Crippen LogP) is 6.43. The molecule has 1 aliphatic rings. The van der Waals surface area contributed by atoms with Crippen molar-refractivity contribution in [1.29, 1.82) is 0 Å². The van der Waals surface area contributed by atoms with E-state index in [1.165, 1.54) is 76.0 Å². The lowest BCUT2D eigenvalue weighted by Crippen LogP contribution is -2.39. The van der Waals surface area contributed by atoms with Crippen molar-refractivity contribution in [3.63, 3.8) is 0 Å². The summed E-state index contributed by atoms with van der Waals surface area (Å²) in [7, 11) is 0. The Labute approximate surface area is 193 Å². The van der Waals surface area contributed by atoms with Crippen LogP contribution in [0.1, 0.15) is 110 Å². The third-order valence-electron chi connectivity index (χ3n) is 6.31. The van der Waals surface area contributed by atoms with E-state index in [1.807, 2.05) is 0 Å². The Morgan fingerprint density at radius 1 is 1.00 bits per heavy atom. The molecule has 0 aromatic rings. The molecule has 0 saturated heterocycles. The zero-order valence-electron chi connectivity index (χ0n) is 19.6. The van der Waals surface area contributed by atoms with Crippen molar-refractivity contribution in [3.05, 3.63) is 11.6 Å². The first-order chi connectivity index (χ1) is 14.9. The summed E-state index contributed by atoms with van der Waals surface area (Å²) in [4.78, 5) is 22.4. The van der Waals surface area contributed by atoms with E-state index in [4.69, 9.17) is 5.11 Å². The standard InChI is InChI=1S/C25H44O5S/c1-3-4-5-6-7-8-9-10-11-12-13-14-15-20-16-17-21(18-22(26)27)23(28)24(20)31-19(2)25(29)30/h15,19,21,23-24,28H,3-14,16-18H2,1-2H3,(H,26,27)(H,29,30)/b20-15+/t19?,21-,23+,24+/m1/s1. The summed E-state index contributed by atoms with van der Waals surface area (Å²) >= 11 is 1.25. The molecule has 6 heteroatoms. The zero-order chi connectivity index (χ0) is 23.1. The fourth-order valence-corrected chi connectivity index (χ4v) is 5.67. The molecule has 0 bridgehead atoms. The highest BCUT2D eigenvalue weighted by Crippen LogP contribution is 2.40. The van der Waals surface area contributed by atoms with Crippen LogP contribution in [0.2, 0.25) is 0 Å². The minimum absolute atomic E-state index is 0.0639. The van der Waals surface area contributed by atoms with E-state index in [0.29, 0.717) is 6.42 Å². The van der Waals surface area contributed by atoms with Gasteiger partial charge < -0.3 is 15.3 Å². The molecule has 4 atom stereocenters. The lowest BCUT2D eigenvalue weighted by atomic mass is 9.80. The van der Waals surface area contributed by atoms with Crippen molar-refractivity contribution in [1.82, 2.24) is 0 Å². The Kier molecular flexibility index (Phi) is 15.0. The summed E-state index contributed by atoms with van der Waals surface area (Å²) in [6, 6.07) is 0. The molecule has 0 aromatic carbocycles. The van der Waals surface area contributed by atoms with Crippen LogP contribution in [0.15, 0.2) is 11.6 Å². The Bertz CT molecular complexity index is 548. The van der Waals surface area contributed by atoms with Crippen LogP contribution in [0, 0.1) is 5.92 Å². The molecule has 1 saturated carbocycles. The number of carbonyl (C=O) groups is 2. The molecular weight excluding hydrogens is 412 g/mol. The number of aliphatic hydroxyl groups excluding tert-OH is 1. The number of aliphatic carboxylic acids is 2. The van der Waals surface area contributed by atoms with Gasteiger partial charge >= 0.3 is 11.9 Å². The molecule has 1 rings (SSSR count). The molecule has 1 fully saturated rings. The molecule has 0 heterocycles. The Morgan fingerprint density at radius 3 is 2.06 bits per heavy atom. The van der Waals surface area contributed by atoms with Gasteiger partial charge in [-0.3, -0.25) is 9.59 Å². The normalized spacial score (nSPS) is 23.7. The third-order valence-corrected chi connectivity index (χ3v) is 7.80. The lowest BCUT2D eigenvalue weighted by molar-refractivity contribution is -0.139. The van der Waals surface area contributed by atoms with Gasteiger partial charge in [-0.1, -0.05) is 82.8 Å². The molecule has 3 N–H and O–H groups in total. The van der Waals surface area contributed by atoms with Gasteiger partial charge in [-0.25, -0.2) is 0 Å². The second kappa shape index (κ2) is 16.6. The van der Waals surface area contributed by atoms with Crippen molar-refractivity contribution in [3.8, 4) is 0 Å². The van der Waals surface area contributed by atoms with Crippen molar-refractivity contribution in [2.75, 3.05) is 0 Å². The molecule has 0 aliphatic heterocycles. The van der Waals surface area contributed by atoms with Gasteiger partial charge in [0.1, 0.15) is 5.25 Å². The van der Waals surface area contributed by atoms with Crippen molar-refractivity contribution < 1.29 is 24.9 Å². The number of hydrogen-bond acceptors (Lipinski definition) is 4. The third kappa shape index (κ3) is 12.0. The second-order valence-electron chi connectivity index (χ2n) is 9.03. The molecule has 31 heavy (non-hydrogen) atoms. The van der Waals surface area contributed by atoms with Crippen molar-refractivity contribution >= 4 is 23.7 Å². The molecule has 0 aromatic heterocycles. The number of carboxylic acid groups (broad SMARTS) is 2. The van der Waals surface area contributed by atoms with E-state index in [-0.39, 0.29) is 17.6 Å².